The van der Waals surface area contributed by atoms with E-state index in [2.05, 4.69) is 19.6 Å². The Morgan fingerprint density at radius 2 is 1.71 bits per heavy atom. The summed E-state index contributed by atoms with van der Waals surface area (Å²) in [5.41, 5.74) is 0.692. The smallest absolute Gasteiger partial charge is 0.182 e. The number of unbranched alkanes of at least 4 members (excludes halogenated alkanes) is 5. The highest BCUT2D eigenvalue weighted by molar-refractivity contribution is 7.80. The summed E-state index contributed by atoms with van der Waals surface area (Å²) in [5, 5.41) is 0.241. The molecule has 1 aliphatic rings. The molecule has 2 atom stereocenters. The standard InChI is InChI=1S/C18H28O2S/c1-3-4-5-6-7-8-9-15(12-14(2)21)17-13-16(19)10-11-18(17)20/h10-11,13-15,21H,3-9,12H2,1-2H3. The molecule has 0 aliphatic heterocycles. The van der Waals surface area contributed by atoms with Crippen molar-refractivity contribution in [2.24, 2.45) is 5.92 Å². The zero-order chi connectivity index (χ0) is 15.7. The van der Waals surface area contributed by atoms with Crippen molar-refractivity contribution >= 4 is 24.2 Å². The van der Waals surface area contributed by atoms with Crippen LogP contribution in [0.5, 0.6) is 0 Å². The third kappa shape index (κ3) is 7.12. The lowest BCUT2D eigenvalue weighted by Crippen LogP contribution is -2.18. The quantitative estimate of drug-likeness (QED) is 0.361. The van der Waals surface area contributed by atoms with E-state index in [1.54, 1.807) is 0 Å². The molecule has 118 valence electrons. The van der Waals surface area contributed by atoms with Crippen LogP contribution in [0, 0.1) is 5.92 Å². The van der Waals surface area contributed by atoms with Crippen molar-refractivity contribution in [3.05, 3.63) is 23.8 Å². The maximum Gasteiger partial charge on any atom is 0.182 e. The van der Waals surface area contributed by atoms with Crippen molar-refractivity contribution in [3.63, 3.8) is 0 Å². The van der Waals surface area contributed by atoms with Gasteiger partial charge in [-0.3, -0.25) is 9.59 Å². The summed E-state index contributed by atoms with van der Waals surface area (Å²) in [6, 6.07) is 0. The summed E-state index contributed by atoms with van der Waals surface area (Å²) in [4.78, 5) is 23.5. The van der Waals surface area contributed by atoms with Crippen LogP contribution in [-0.4, -0.2) is 16.8 Å². The molecule has 0 radical (unpaired) electrons. The van der Waals surface area contributed by atoms with Gasteiger partial charge >= 0.3 is 0 Å². The van der Waals surface area contributed by atoms with Gasteiger partial charge in [-0.1, -0.05) is 52.4 Å². The number of hydrogen-bond acceptors (Lipinski definition) is 3. The predicted molar refractivity (Wildman–Crippen MR) is 91.8 cm³/mol. The summed E-state index contributed by atoms with van der Waals surface area (Å²) in [7, 11) is 0. The van der Waals surface area contributed by atoms with Crippen LogP contribution in [0.3, 0.4) is 0 Å². The van der Waals surface area contributed by atoms with Crippen LogP contribution in [0.4, 0.5) is 0 Å². The van der Waals surface area contributed by atoms with Crippen molar-refractivity contribution in [3.8, 4) is 0 Å². The number of thiol groups is 1. The third-order valence-corrected chi connectivity index (χ3v) is 4.16. The number of hydrogen-bond donors (Lipinski definition) is 1. The second-order valence-corrected chi connectivity index (χ2v) is 6.92. The van der Waals surface area contributed by atoms with Gasteiger partial charge in [0.15, 0.2) is 11.6 Å². The van der Waals surface area contributed by atoms with E-state index in [4.69, 9.17) is 0 Å². The summed E-state index contributed by atoms with van der Waals surface area (Å²) in [6.45, 7) is 4.26. The van der Waals surface area contributed by atoms with Crippen molar-refractivity contribution < 1.29 is 9.59 Å². The van der Waals surface area contributed by atoms with Gasteiger partial charge in [0.2, 0.25) is 0 Å². The van der Waals surface area contributed by atoms with E-state index in [0.29, 0.717) is 5.57 Å². The Morgan fingerprint density at radius 3 is 2.38 bits per heavy atom. The maximum atomic E-state index is 12.0. The van der Waals surface area contributed by atoms with Gasteiger partial charge in [-0.15, -0.1) is 0 Å². The van der Waals surface area contributed by atoms with Gasteiger partial charge in [0.25, 0.3) is 0 Å². The maximum absolute atomic E-state index is 12.0. The van der Waals surface area contributed by atoms with Crippen LogP contribution < -0.4 is 0 Å². The number of ketones is 2. The van der Waals surface area contributed by atoms with E-state index in [1.165, 1.54) is 50.3 Å². The lowest BCUT2D eigenvalue weighted by atomic mass is 9.84. The molecule has 0 bridgehead atoms. The highest BCUT2D eigenvalue weighted by Crippen LogP contribution is 2.28. The first-order valence-corrected chi connectivity index (χ1v) is 8.72. The zero-order valence-corrected chi connectivity index (χ0v) is 14.2. The summed E-state index contributed by atoms with van der Waals surface area (Å²) in [6.07, 6.45) is 13.6. The molecule has 0 saturated carbocycles. The van der Waals surface area contributed by atoms with E-state index in [9.17, 15) is 9.59 Å². The number of rotatable bonds is 10. The van der Waals surface area contributed by atoms with Gasteiger partial charge in [0.05, 0.1) is 0 Å². The first kappa shape index (κ1) is 18.2. The highest BCUT2D eigenvalue weighted by atomic mass is 32.1. The Hall–Kier alpha value is -0.830. The van der Waals surface area contributed by atoms with E-state index in [1.807, 2.05) is 6.92 Å². The Bertz CT molecular complexity index is 407. The molecular weight excluding hydrogens is 280 g/mol. The molecule has 3 heteroatoms. The molecule has 1 rings (SSSR count). The van der Waals surface area contributed by atoms with Crippen LogP contribution in [0.1, 0.15) is 65.2 Å². The Labute approximate surface area is 134 Å². The SMILES string of the molecule is CCCCCCCCC(CC(C)S)C1=CC(=O)C=CC1=O. The van der Waals surface area contributed by atoms with Crippen LogP contribution in [0.15, 0.2) is 23.8 Å². The van der Waals surface area contributed by atoms with Crippen LogP contribution in [0.25, 0.3) is 0 Å². The molecule has 0 fully saturated rings. The monoisotopic (exact) mass is 308 g/mol. The minimum absolute atomic E-state index is 0.000402. The molecule has 0 aromatic rings. The van der Waals surface area contributed by atoms with Crippen molar-refractivity contribution in [1.82, 2.24) is 0 Å². The molecule has 0 aromatic heterocycles. The van der Waals surface area contributed by atoms with Crippen molar-refractivity contribution in [2.75, 3.05) is 0 Å². The lowest BCUT2D eigenvalue weighted by molar-refractivity contribution is -0.115. The minimum Gasteiger partial charge on any atom is -0.290 e. The molecule has 0 amide bonds. The molecule has 0 spiro atoms. The van der Waals surface area contributed by atoms with Gasteiger partial charge in [0, 0.05) is 5.57 Å². The zero-order valence-electron chi connectivity index (χ0n) is 13.3. The van der Waals surface area contributed by atoms with E-state index in [0.717, 1.165) is 19.3 Å². The topological polar surface area (TPSA) is 34.1 Å². The molecule has 1 aliphatic carbocycles. The Kier molecular flexibility index (Phi) is 8.67. The fraction of sp³-hybridized carbons (Fsp3) is 0.667. The predicted octanol–water partition coefficient (Wildman–Crippen LogP) is 4.70. The molecule has 0 saturated heterocycles. The number of carbonyl (C=O) groups excluding carboxylic acids is 2. The first-order valence-electron chi connectivity index (χ1n) is 8.20. The van der Waals surface area contributed by atoms with E-state index < -0.39 is 0 Å². The molecular formula is C18H28O2S. The Balaban J connectivity index is 2.52. The Morgan fingerprint density at radius 1 is 1.05 bits per heavy atom. The normalized spacial score (nSPS) is 17.8. The van der Waals surface area contributed by atoms with Crippen LogP contribution in [0.2, 0.25) is 0 Å². The van der Waals surface area contributed by atoms with Crippen molar-refractivity contribution in [2.45, 2.75) is 70.5 Å². The third-order valence-electron chi connectivity index (χ3n) is 3.95. The fourth-order valence-electron chi connectivity index (χ4n) is 2.83. The average molecular weight is 308 g/mol. The summed E-state index contributed by atoms with van der Waals surface area (Å²) >= 11 is 4.46. The number of allylic oxidation sites excluding steroid dienone is 4. The van der Waals surface area contributed by atoms with Gasteiger partial charge in [-0.2, -0.15) is 12.6 Å². The second kappa shape index (κ2) is 9.99. The van der Waals surface area contributed by atoms with Gasteiger partial charge in [-0.25, -0.2) is 0 Å². The van der Waals surface area contributed by atoms with Gasteiger partial charge in [0.1, 0.15) is 0 Å². The van der Waals surface area contributed by atoms with E-state index in [-0.39, 0.29) is 22.7 Å². The van der Waals surface area contributed by atoms with Gasteiger partial charge in [-0.05, 0) is 42.2 Å². The van der Waals surface area contributed by atoms with E-state index >= 15 is 0 Å². The average Bonchev–Trinajstić information content (AvgIpc) is 2.43. The number of carbonyl (C=O) groups is 2. The molecule has 2 unspecified atom stereocenters. The summed E-state index contributed by atoms with van der Waals surface area (Å²) < 4.78 is 0. The molecule has 2 nitrogen and oxygen atoms in total. The molecule has 21 heavy (non-hydrogen) atoms. The second-order valence-electron chi connectivity index (χ2n) is 6.04. The van der Waals surface area contributed by atoms with Crippen LogP contribution >= 0.6 is 12.6 Å². The van der Waals surface area contributed by atoms with Crippen LogP contribution in [-0.2, 0) is 9.59 Å². The summed E-state index contributed by atoms with van der Waals surface area (Å²) in [5.74, 6) is 0.106. The lowest BCUT2D eigenvalue weighted by Gasteiger charge is -2.21. The molecule has 0 heterocycles. The van der Waals surface area contributed by atoms with Crippen molar-refractivity contribution in [1.29, 1.82) is 0 Å². The molecule has 0 N–H and O–H groups in total. The minimum atomic E-state index is -0.0654. The fourth-order valence-corrected chi connectivity index (χ4v) is 3.08. The largest absolute Gasteiger partial charge is 0.290 e. The molecule has 0 aromatic carbocycles. The van der Waals surface area contributed by atoms with Gasteiger partial charge < -0.3 is 0 Å². The first-order chi connectivity index (χ1) is 10.0. The highest BCUT2D eigenvalue weighted by Gasteiger charge is 2.23.